The van der Waals surface area contributed by atoms with Gasteiger partial charge in [-0.1, -0.05) is 15.9 Å². The van der Waals surface area contributed by atoms with Crippen molar-refractivity contribution in [1.29, 1.82) is 0 Å². The summed E-state index contributed by atoms with van der Waals surface area (Å²) >= 11 is 3.50. The molecule has 2 N–H and O–H groups in total. The molecule has 0 heterocycles. The van der Waals surface area contributed by atoms with Crippen molar-refractivity contribution in [2.75, 3.05) is 38.8 Å². The van der Waals surface area contributed by atoms with Crippen LogP contribution in [0.3, 0.4) is 0 Å². The highest BCUT2D eigenvalue weighted by Gasteiger charge is 2.07. The van der Waals surface area contributed by atoms with Gasteiger partial charge in [-0.05, 0) is 43.1 Å². The van der Waals surface area contributed by atoms with Crippen LogP contribution >= 0.6 is 15.9 Å². The molecule has 0 saturated carbocycles. The molecule has 0 aliphatic heterocycles. The Hall–Kier alpha value is -0.580. The molecule has 4 heteroatoms. The third-order valence-electron chi connectivity index (χ3n) is 2.71. The third-order valence-corrected chi connectivity index (χ3v) is 3.20. The van der Waals surface area contributed by atoms with Gasteiger partial charge in [0.15, 0.2) is 0 Å². The smallest absolute Gasteiger partial charge is 0.0479 e. The van der Waals surface area contributed by atoms with Gasteiger partial charge in [0.25, 0.3) is 0 Å². The molecule has 3 nitrogen and oxygen atoms in total. The number of methoxy groups -OCH3 is 1. The summed E-state index contributed by atoms with van der Waals surface area (Å²) in [6.45, 7) is 2.47. The number of anilines is 1. The largest absolute Gasteiger partial charge is 0.385 e. The summed E-state index contributed by atoms with van der Waals surface area (Å²) in [5.74, 6) is 0. The second-order valence-electron chi connectivity index (χ2n) is 4.08. The van der Waals surface area contributed by atoms with E-state index in [1.54, 1.807) is 7.11 Å². The van der Waals surface area contributed by atoms with E-state index in [9.17, 15) is 0 Å². The Morgan fingerprint density at radius 3 is 2.82 bits per heavy atom. The van der Waals surface area contributed by atoms with Gasteiger partial charge in [-0.2, -0.15) is 0 Å². The molecule has 0 spiro atoms. The molecule has 0 aromatic heterocycles. The number of hydrogen-bond donors (Lipinski definition) is 1. The van der Waals surface area contributed by atoms with Crippen LogP contribution < -0.4 is 10.6 Å². The second-order valence-corrected chi connectivity index (χ2v) is 5.00. The molecule has 0 saturated heterocycles. The summed E-state index contributed by atoms with van der Waals surface area (Å²) in [5, 5.41) is 0. The van der Waals surface area contributed by atoms with Crippen LogP contribution in [0.5, 0.6) is 0 Å². The van der Waals surface area contributed by atoms with Gasteiger partial charge in [-0.3, -0.25) is 0 Å². The van der Waals surface area contributed by atoms with Gasteiger partial charge < -0.3 is 15.4 Å². The van der Waals surface area contributed by atoms with Crippen LogP contribution in [0.2, 0.25) is 0 Å². The quantitative estimate of drug-likeness (QED) is 0.786. The zero-order valence-corrected chi connectivity index (χ0v) is 12.2. The summed E-state index contributed by atoms with van der Waals surface area (Å²) in [6, 6.07) is 6.36. The molecular formula is C13H21BrN2O. The average molecular weight is 301 g/mol. The van der Waals surface area contributed by atoms with Gasteiger partial charge in [0.1, 0.15) is 0 Å². The van der Waals surface area contributed by atoms with Crippen LogP contribution in [0, 0.1) is 0 Å². The van der Waals surface area contributed by atoms with Crippen LogP contribution in [0.1, 0.15) is 12.0 Å². The fourth-order valence-corrected chi connectivity index (χ4v) is 2.26. The molecule has 1 aromatic carbocycles. The fraction of sp³-hybridized carbons (Fsp3) is 0.538. The predicted molar refractivity (Wildman–Crippen MR) is 76.7 cm³/mol. The van der Waals surface area contributed by atoms with Crippen LogP contribution in [-0.2, 0) is 11.2 Å². The van der Waals surface area contributed by atoms with Crippen molar-refractivity contribution in [1.82, 2.24) is 0 Å². The zero-order valence-electron chi connectivity index (χ0n) is 10.6. The minimum atomic E-state index is 0.676. The molecular weight excluding hydrogens is 280 g/mol. The maximum atomic E-state index is 5.65. The lowest BCUT2D eigenvalue weighted by molar-refractivity contribution is 0.196. The van der Waals surface area contributed by atoms with Crippen molar-refractivity contribution < 1.29 is 4.74 Å². The molecule has 0 bridgehead atoms. The third kappa shape index (κ3) is 4.66. The van der Waals surface area contributed by atoms with E-state index in [1.165, 1.54) is 11.3 Å². The first-order valence-electron chi connectivity index (χ1n) is 5.87. The molecule has 17 heavy (non-hydrogen) atoms. The van der Waals surface area contributed by atoms with Crippen molar-refractivity contribution in [3.63, 3.8) is 0 Å². The molecule has 96 valence electrons. The highest BCUT2D eigenvalue weighted by Crippen LogP contribution is 2.24. The number of nitrogens with zero attached hydrogens (tertiary/aromatic N) is 1. The van der Waals surface area contributed by atoms with Gasteiger partial charge >= 0.3 is 0 Å². The highest BCUT2D eigenvalue weighted by molar-refractivity contribution is 9.10. The summed E-state index contributed by atoms with van der Waals surface area (Å²) < 4.78 is 6.18. The lowest BCUT2D eigenvalue weighted by Crippen LogP contribution is -2.21. The Morgan fingerprint density at radius 2 is 2.18 bits per heavy atom. The number of rotatable bonds is 7. The maximum Gasteiger partial charge on any atom is 0.0479 e. The lowest BCUT2D eigenvalue weighted by Gasteiger charge is -2.22. The molecule has 0 fully saturated rings. The van der Waals surface area contributed by atoms with E-state index in [4.69, 9.17) is 10.5 Å². The van der Waals surface area contributed by atoms with E-state index in [0.717, 1.165) is 30.5 Å². The van der Waals surface area contributed by atoms with Crippen LogP contribution in [0.4, 0.5) is 5.69 Å². The maximum absolute atomic E-state index is 5.65. The molecule has 0 atom stereocenters. The summed E-state index contributed by atoms with van der Waals surface area (Å²) in [5.41, 5.74) is 8.20. The van der Waals surface area contributed by atoms with Gasteiger partial charge in [0, 0.05) is 37.5 Å². The van der Waals surface area contributed by atoms with Crippen LogP contribution in [0.15, 0.2) is 22.7 Å². The molecule has 0 amide bonds. The number of hydrogen-bond acceptors (Lipinski definition) is 3. The van der Waals surface area contributed by atoms with Crippen LogP contribution in [-0.4, -0.2) is 33.9 Å². The van der Waals surface area contributed by atoms with Crippen LogP contribution in [0.25, 0.3) is 0 Å². The standard InChI is InChI=1S/C13H21BrN2O/c1-16(8-3-9-17-2)13-5-4-12(14)10-11(13)6-7-15/h4-5,10H,3,6-9,15H2,1-2H3. The van der Waals surface area contributed by atoms with Gasteiger partial charge in [0.2, 0.25) is 0 Å². The zero-order chi connectivity index (χ0) is 12.7. The number of benzene rings is 1. The van der Waals surface area contributed by atoms with E-state index in [-0.39, 0.29) is 0 Å². The first kappa shape index (κ1) is 14.5. The Bertz CT molecular complexity index is 344. The Morgan fingerprint density at radius 1 is 1.41 bits per heavy atom. The normalized spacial score (nSPS) is 10.6. The van der Waals surface area contributed by atoms with Crippen molar-refractivity contribution in [2.45, 2.75) is 12.8 Å². The van der Waals surface area contributed by atoms with Crippen molar-refractivity contribution in [3.05, 3.63) is 28.2 Å². The van der Waals surface area contributed by atoms with Gasteiger partial charge in [0.05, 0.1) is 0 Å². The second kappa shape index (κ2) is 7.69. The summed E-state index contributed by atoms with van der Waals surface area (Å²) in [4.78, 5) is 2.26. The molecule has 1 aromatic rings. The first-order valence-corrected chi connectivity index (χ1v) is 6.67. The number of ether oxygens (including phenoxy) is 1. The van der Waals surface area contributed by atoms with E-state index < -0.39 is 0 Å². The van der Waals surface area contributed by atoms with Crippen molar-refractivity contribution in [2.24, 2.45) is 5.73 Å². The van der Waals surface area contributed by atoms with Gasteiger partial charge in [-0.25, -0.2) is 0 Å². The minimum absolute atomic E-state index is 0.676. The first-order chi connectivity index (χ1) is 8.19. The van der Waals surface area contributed by atoms with E-state index in [1.807, 2.05) is 0 Å². The highest BCUT2D eigenvalue weighted by atomic mass is 79.9. The fourth-order valence-electron chi connectivity index (χ4n) is 1.85. The molecule has 0 radical (unpaired) electrons. The average Bonchev–Trinajstić information content (AvgIpc) is 2.30. The van der Waals surface area contributed by atoms with Gasteiger partial charge in [-0.15, -0.1) is 0 Å². The predicted octanol–water partition coefficient (Wildman–Crippen LogP) is 2.42. The molecule has 0 aliphatic carbocycles. The van der Waals surface area contributed by atoms with E-state index in [2.05, 4.69) is 46.1 Å². The summed E-state index contributed by atoms with van der Waals surface area (Å²) in [6.07, 6.45) is 1.94. The Kier molecular flexibility index (Phi) is 6.55. The summed E-state index contributed by atoms with van der Waals surface area (Å²) in [7, 11) is 3.85. The number of nitrogens with two attached hydrogens (primary N) is 1. The molecule has 0 aliphatic rings. The molecule has 1 rings (SSSR count). The van der Waals surface area contributed by atoms with Crippen molar-refractivity contribution >= 4 is 21.6 Å². The topological polar surface area (TPSA) is 38.5 Å². The SMILES string of the molecule is COCCCN(C)c1ccc(Br)cc1CCN. The Balaban J connectivity index is 2.73. The van der Waals surface area contributed by atoms with Crippen molar-refractivity contribution in [3.8, 4) is 0 Å². The number of halogens is 1. The monoisotopic (exact) mass is 300 g/mol. The van der Waals surface area contributed by atoms with E-state index in [0.29, 0.717) is 6.54 Å². The minimum Gasteiger partial charge on any atom is -0.385 e. The molecule has 0 unspecified atom stereocenters. The Labute approximate surface area is 112 Å². The van der Waals surface area contributed by atoms with E-state index >= 15 is 0 Å². The lowest BCUT2D eigenvalue weighted by atomic mass is 10.1.